The summed E-state index contributed by atoms with van der Waals surface area (Å²) in [6.07, 6.45) is 4.23. The van der Waals surface area contributed by atoms with Crippen LogP contribution in [0, 0.1) is 6.92 Å². The maximum atomic E-state index is 12.3. The van der Waals surface area contributed by atoms with Crippen molar-refractivity contribution >= 4 is 11.6 Å². The van der Waals surface area contributed by atoms with Crippen LogP contribution >= 0.6 is 0 Å². The summed E-state index contributed by atoms with van der Waals surface area (Å²) in [6.45, 7) is 3.79. The van der Waals surface area contributed by atoms with E-state index in [0.29, 0.717) is 18.5 Å². The van der Waals surface area contributed by atoms with Crippen LogP contribution in [0.25, 0.3) is 5.65 Å². The highest BCUT2D eigenvalue weighted by atomic mass is 16.3. The molecule has 0 aliphatic heterocycles. The van der Waals surface area contributed by atoms with Gasteiger partial charge in [-0.1, -0.05) is 6.07 Å². The molecule has 2 N–H and O–H groups in total. The van der Waals surface area contributed by atoms with Gasteiger partial charge in [-0.3, -0.25) is 14.0 Å². The van der Waals surface area contributed by atoms with E-state index in [1.165, 1.54) is 10.6 Å². The molecule has 6 heteroatoms. The van der Waals surface area contributed by atoms with Gasteiger partial charge in [-0.2, -0.15) is 0 Å². The molecule has 0 saturated heterocycles. The van der Waals surface area contributed by atoms with Crippen LogP contribution in [-0.4, -0.2) is 33.0 Å². The van der Waals surface area contributed by atoms with E-state index < -0.39 is 5.91 Å². The van der Waals surface area contributed by atoms with Crippen LogP contribution in [0.4, 0.5) is 0 Å². The standard InChI is InChI=1S/C15H19N3O3/c1-10-5-6-13-16-8-12(15(21)18(13)9-10)14(20)17-11(2)4-3-7-19/h5-6,8-9,11,19H,3-4,7H2,1-2H3,(H,17,20). The number of carbonyl (C=O) groups excluding carboxylic acids is 1. The van der Waals surface area contributed by atoms with Crippen LogP contribution in [0.5, 0.6) is 0 Å². The fraction of sp³-hybridized carbons (Fsp3) is 0.400. The lowest BCUT2D eigenvalue weighted by Crippen LogP contribution is -2.37. The molecule has 0 aliphatic carbocycles. The minimum atomic E-state index is -0.436. The molecule has 0 aromatic carbocycles. The quantitative estimate of drug-likeness (QED) is 0.856. The van der Waals surface area contributed by atoms with E-state index in [4.69, 9.17) is 5.11 Å². The number of pyridine rings is 1. The molecule has 2 aromatic heterocycles. The van der Waals surface area contributed by atoms with Crippen molar-refractivity contribution in [2.45, 2.75) is 32.7 Å². The number of hydrogen-bond donors (Lipinski definition) is 2. The van der Waals surface area contributed by atoms with Crippen molar-refractivity contribution < 1.29 is 9.90 Å². The lowest BCUT2D eigenvalue weighted by molar-refractivity contribution is 0.0934. The molecule has 1 atom stereocenters. The topological polar surface area (TPSA) is 83.7 Å². The smallest absolute Gasteiger partial charge is 0.270 e. The second kappa shape index (κ2) is 6.49. The zero-order valence-corrected chi connectivity index (χ0v) is 12.2. The Bertz CT molecular complexity index is 709. The van der Waals surface area contributed by atoms with Crippen LogP contribution < -0.4 is 10.9 Å². The fourth-order valence-electron chi connectivity index (χ4n) is 2.11. The predicted octanol–water partition coefficient (Wildman–Crippen LogP) is 0.894. The molecule has 0 spiro atoms. The van der Waals surface area contributed by atoms with Crippen molar-refractivity contribution in [1.82, 2.24) is 14.7 Å². The fourth-order valence-corrected chi connectivity index (χ4v) is 2.11. The molecule has 2 aromatic rings. The summed E-state index contributed by atoms with van der Waals surface area (Å²) in [5, 5.41) is 11.5. The third kappa shape index (κ3) is 3.46. The number of nitrogens with zero attached hydrogens (tertiary/aromatic N) is 2. The number of aromatic nitrogens is 2. The van der Waals surface area contributed by atoms with E-state index in [9.17, 15) is 9.59 Å². The summed E-state index contributed by atoms with van der Waals surface area (Å²) in [5.74, 6) is -0.436. The van der Waals surface area contributed by atoms with Gasteiger partial charge in [0.05, 0.1) is 0 Å². The number of rotatable bonds is 5. The summed E-state index contributed by atoms with van der Waals surface area (Å²) in [6, 6.07) is 3.49. The van der Waals surface area contributed by atoms with E-state index in [1.807, 2.05) is 19.9 Å². The Labute approximate surface area is 122 Å². The van der Waals surface area contributed by atoms with Crippen molar-refractivity contribution in [2.24, 2.45) is 0 Å². The van der Waals surface area contributed by atoms with Crippen molar-refractivity contribution in [3.63, 3.8) is 0 Å². The van der Waals surface area contributed by atoms with E-state index in [2.05, 4.69) is 10.3 Å². The molecular weight excluding hydrogens is 270 g/mol. The van der Waals surface area contributed by atoms with Gasteiger partial charge < -0.3 is 10.4 Å². The van der Waals surface area contributed by atoms with Crippen LogP contribution in [0.2, 0.25) is 0 Å². The maximum Gasteiger partial charge on any atom is 0.270 e. The van der Waals surface area contributed by atoms with Gasteiger partial charge in [0.25, 0.3) is 11.5 Å². The zero-order valence-electron chi connectivity index (χ0n) is 12.2. The number of amides is 1. The molecule has 0 saturated carbocycles. The first-order valence-corrected chi connectivity index (χ1v) is 6.92. The Hall–Kier alpha value is -2.21. The number of aliphatic hydroxyl groups is 1. The minimum absolute atomic E-state index is 0.0222. The molecule has 0 radical (unpaired) electrons. The van der Waals surface area contributed by atoms with E-state index in [-0.39, 0.29) is 23.8 Å². The third-order valence-corrected chi connectivity index (χ3v) is 3.27. The van der Waals surface area contributed by atoms with Gasteiger partial charge in [0, 0.05) is 25.0 Å². The number of fused-ring (bicyclic) bond motifs is 1. The molecule has 0 aliphatic rings. The zero-order chi connectivity index (χ0) is 15.4. The van der Waals surface area contributed by atoms with Crippen molar-refractivity contribution in [3.8, 4) is 0 Å². The Morgan fingerprint density at radius 2 is 2.24 bits per heavy atom. The van der Waals surface area contributed by atoms with E-state index >= 15 is 0 Å². The Kier molecular flexibility index (Phi) is 4.70. The Morgan fingerprint density at radius 1 is 1.48 bits per heavy atom. The first-order valence-electron chi connectivity index (χ1n) is 6.92. The molecule has 0 fully saturated rings. The number of carbonyl (C=O) groups is 1. The first kappa shape index (κ1) is 15.2. The molecule has 21 heavy (non-hydrogen) atoms. The predicted molar refractivity (Wildman–Crippen MR) is 79.4 cm³/mol. The highest BCUT2D eigenvalue weighted by molar-refractivity contribution is 5.93. The molecule has 6 nitrogen and oxygen atoms in total. The van der Waals surface area contributed by atoms with Crippen LogP contribution in [0.15, 0.2) is 29.3 Å². The summed E-state index contributed by atoms with van der Waals surface area (Å²) in [7, 11) is 0. The summed E-state index contributed by atoms with van der Waals surface area (Å²) in [4.78, 5) is 28.6. The van der Waals surface area contributed by atoms with Crippen molar-refractivity contribution in [1.29, 1.82) is 0 Å². The van der Waals surface area contributed by atoms with Gasteiger partial charge in [0.1, 0.15) is 11.2 Å². The summed E-state index contributed by atoms with van der Waals surface area (Å²) >= 11 is 0. The van der Waals surface area contributed by atoms with Gasteiger partial charge in [-0.25, -0.2) is 4.98 Å². The van der Waals surface area contributed by atoms with Gasteiger partial charge >= 0.3 is 0 Å². The second-order valence-electron chi connectivity index (χ2n) is 5.15. The van der Waals surface area contributed by atoms with Crippen molar-refractivity contribution in [3.05, 3.63) is 46.0 Å². The van der Waals surface area contributed by atoms with Gasteiger partial charge in [-0.05, 0) is 38.3 Å². The van der Waals surface area contributed by atoms with Gasteiger partial charge in [0.2, 0.25) is 0 Å². The summed E-state index contributed by atoms with van der Waals surface area (Å²) < 4.78 is 1.38. The number of hydrogen-bond acceptors (Lipinski definition) is 4. The summed E-state index contributed by atoms with van der Waals surface area (Å²) in [5.41, 5.74) is 1.07. The average molecular weight is 289 g/mol. The Morgan fingerprint density at radius 3 is 2.95 bits per heavy atom. The second-order valence-corrected chi connectivity index (χ2v) is 5.15. The number of nitrogens with one attached hydrogen (secondary N) is 1. The van der Waals surface area contributed by atoms with Crippen LogP contribution in [0.3, 0.4) is 0 Å². The highest BCUT2D eigenvalue weighted by Crippen LogP contribution is 2.03. The van der Waals surface area contributed by atoms with Gasteiger partial charge in [0.15, 0.2) is 0 Å². The Balaban J connectivity index is 2.28. The van der Waals surface area contributed by atoms with Crippen LogP contribution in [0.1, 0.15) is 35.7 Å². The molecule has 1 unspecified atom stereocenters. The third-order valence-electron chi connectivity index (χ3n) is 3.27. The highest BCUT2D eigenvalue weighted by Gasteiger charge is 2.15. The molecule has 2 rings (SSSR count). The van der Waals surface area contributed by atoms with E-state index in [1.54, 1.807) is 12.3 Å². The van der Waals surface area contributed by atoms with Gasteiger partial charge in [-0.15, -0.1) is 0 Å². The molecule has 2 heterocycles. The van der Waals surface area contributed by atoms with Crippen molar-refractivity contribution in [2.75, 3.05) is 6.61 Å². The molecule has 112 valence electrons. The average Bonchev–Trinajstić information content (AvgIpc) is 2.46. The molecule has 0 bridgehead atoms. The monoisotopic (exact) mass is 289 g/mol. The SMILES string of the molecule is Cc1ccc2ncc(C(=O)NC(C)CCCO)c(=O)n2c1. The maximum absolute atomic E-state index is 12.3. The normalized spacial score (nSPS) is 12.3. The van der Waals surface area contributed by atoms with Crippen LogP contribution in [-0.2, 0) is 0 Å². The number of aryl methyl sites for hydroxylation is 1. The minimum Gasteiger partial charge on any atom is -0.396 e. The number of aliphatic hydroxyl groups excluding tert-OH is 1. The largest absolute Gasteiger partial charge is 0.396 e. The molecular formula is C15H19N3O3. The first-order chi connectivity index (χ1) is 10.0. The lowest BCUT2D eigenvalue weighted by Gasteiger charge is -2.13. The molecule has 1 amide bonds. The van der Waals surface area contributed by atoms with E-state index in [0.717, 1.165) is 5.56 Å². The lowest BCUT2D eigenvalue weighted by atomic mass is 10.2.